The summed E-state index contributed by atoms with van der Waals surface area (Å²) in [7, 11) is -4.03. The zero-order valence-electron chi connectivity index (χ0n) is 25.3. The lowest BCUT2D eigenvalue weighted by molar-refractivity contribution is -0.139. The van der Waals surface area contributed by atoms with E-state index in [9.17, 15) is 22.8 Å². The maximum Gasteiger partial charge on any atom is 0.242 e. The molecule has 4 aliphatic rings. The third kappa shape index (κ3) is 6.31. The normalized spacial score (nSPS) is 27.8. The number of rotatable bonds is 10. The minimum Gasteiger partial charge on any atom is -0.370 e. The van der Waals surface area contributed by atoms with Crippen LogP contribution in [0.25, 0.3) is 0 Å². The number of hydrogen-bond acceptors (Lipinski definition) is 6. The summed E-state index contributed by atoms with van der Waals surface area (Å²) < 4.78 is 30.2. The molecule has 12 heteroatoms. The summed E-state index contributed by atoms with van der Waals surface area (Å²) in [5.74, 6) is -0.452. The molecule has 2 amide bonds. The van der Waals surface area contributed by atoms with Gasteiger partial charge in [-0.05, 0) is 67.8 Å². The third-order valence-corrected chi connectivity index (χ3v) is 12.4. The van der Waals surface area contributed by atoms with Gasteiger partial charge in [0.25, 0.3) is 0 Å². The summed E-state index contributed by atoms with van der Waals surface area (Å²) in [6.07, 6.45) is 4.73. The van der Waals surface area contributed by atoms with Crippen molar-refractivity contribution in [3.63, 3.8) is 0 Å². The van der Waals surface area contributed by atoms with Gasteiger partial charge in [0.15, 0.2) is 5.96 Å². The molecule has 1 aromatic carbocycles. The Labute approximate surface area is 254 Å². The van der Waals surface area contributed by atoms with Gasteiger partial charge in [0.2, 0.25) is 21.8 Å². The summed E-state index contributed by atoms with van der Waals surface area (Å²) in [6.45, 7) is 6.20. The number of Topliss-reactive ketones (excluding diaryl/α,β-unsaturated/α-hetero) is 1. The Hall–Kier alpha value is -2.99. The van der Waals surface area contributed by atoms with Crippen LogP contribution in [0, 0.1) is 28.1 Å². The van der Waals surface area contributed by atoms with E-state index in [0.717, 1.165) is 24.8 Å². The number of nitrogens with one attached hydrogen (secondary N) is 3. The molecule has 2 unspecified atom stereocenters. The summed E-state index contributed by atoms with van der Waals surface area (Å²) in [5, 5.41) is 10.6. The van der Waals surface area contributed by atoms with Gasteiger partial charge in [0, 0.05) is 38.0 Å². The van der Waals surface area contributed by atoms with E-state index in [-0.39, 0.29) is 41.7 Å². The van der Waals surface area contributed by atoms with Crippen molar-refractivity contribution in [2.75, 3.05) is 31.9 Å². The van der Waals surface area contributed by atoms with Crippen LogP contribution in [0.1, 0.15) is 64.4 Å². The molecule has 236 valence electrons. The van der Waals surface area contributed by atoms with Gasteiger partial charge in [0.05, 0.1) is 5.75 Å². The van der Waals surface area contributed by atoms with Crippen LogP contribution in [-0.4, -0.2) is 85.8 Å². The highest BCUT2D eigenvalue weighted by molar-refractivity contribution is 7.89. The van der Waals surface area contributed by atoms with E-state index in [2.05, 4.69) is 10.0 Å². The van der Waals surface area contributed by atoms with Crippen LogP contribution < -0.4 is 15.8 Å². The Morgan fingerprint density at radius 2 is 1.79 bits per heavy atom. The number of guanidine groups is 1. The van der Waals surface area contributed by atoms with Crippen LogP contribution in [0.3, 0.4) is 0 Å². The van der Waals surface area contributed by atoms with Gasteiger partial charge in [-0.15, -0.1) is 0 Å². The lowest BCUT2D eigenvalue weighted by Crippen LogP contribution is -2.56. The molecular weight excluding hydrogens is 568 g/mol. The van der Waals surface area contributed by atoms with Crippen molar-refractivity contribution in [1.82, 2.24) is 19.8 Å². The molecule has 2 heterocycles. The first-order chi connectivity index (χ1) is 20.3. The average Bonchev–Trinajstić information content (AvgIpc) is 3.60. The van der Waals surface area contributed by atoms with E-state index in [0.29, 0.717) is 51.9 Å². The number of fused-ring (bicyclic) bond motifs is 2. The topological polar surface area (TPSA) is 166 Å². The molecule has 0 radical (unpaired) electrons. The second-order valence-electron chi connectivity index (χ2n) is 13.5. The molecule has 2 aliphatic heterocycles. The van der Waals surface area contributed by atoms with Gasteiger partial charge >= 0.3 is 0 Å². The van der Waals surface area contributed by atoms with Crippen molar-refractivity contribution in [2.24, 2.45) is 28.4 Å². The number of carbonyl (C=O) groups excluding carboxylic acids is 3. The zero-order chi connectivity index (χ0) is 31.0. The number of ketones is 1. The first-order valence-electron chi connectivity index (χ1n) is 15.6. The molecule has 2 saturated carbocycles. The Kier molecular flexibility index (Phi) is 8.91. The summed E-state index contributed by atoms with van der Waals surface area (Å²) in [5.41, 5.74) is 5.03. The molecule has 43 heavy (non-hydrogen) atoms. The first-order valence-corrected chi connectivity index (χ1v) is 17.2. The van der Waals surface area contributed by atoms with Crippen molar-refractivity contribution in [3.05, 3.63) is 35.9 Å². The van der Waals surface area contributed by atoms with Gasteiger partial charge in [-0.25, -0.2) is 13.1 Å². The van der Waals surface area contributed by atoms with Crippen molar-refractivity contribution >= 4 is 33.6 Å². The highest BCUT2D eigenvalue weighted by atomic mass is 32.2. The van der Waals surface area contributed by atoms with Crippen molar-refractivity contribution < 1.29 is 22.8 Å². The number of likely N-dealkylation sites (tertiary alicyclic amines) is 2. The number of benzene rings is 1. The van der Waals surface area contributed by atoms with Crippen molar-refractivity contribution in [2.45, 2.75) is 77.3 Å². The lowest BCUT2D eigenvalue weighted by Gasteiger charge is -2.37. The van der Waals surface area contributed by atoms with E-state index in [1.54, 1.807) is 0 Å². The van der Waals surface area contributed by atoms with Crippen molar-refractivity contribution in [3.8, 4) is 0 Å². The molecule has 1 aromatic rings. The summed E-state index contributed by atoms with van der Waals surface area (Å²) in [6, 6.07) is 7.49. The largest absolute Gasteiger partial charge is 0.370 e. The second-order valence-corrected chi connectivity index (χ2v) is 15.3. The number of sulfonamides is 1. The fourth-order valence-corrected chi connectivity index (χ4v) is 9.99. The Morgan fingerprint density at radius 3 is 2.40 bits per heavy atom. The van der Waals surface area contributed by atoms with Gasteiger partial charge in [-0.1, -0.05) is 44.2 Å². The number of carbonyl (C=O) groups is 3. The smallest absolute Gasteiger partial charge is 0.242 e. The van der Waals surface area contributed by atoms with E-state index in [4.69, 9.17) is 11.1 Å². The maximum absolute atomic E-state index is 14.0. The minimum atomic E-state index is -4.03. The third-order valence-electron chi connectivity index (χ3n) is 10.8. The van der Waals surface area contributed by atoms with Crippen LogP contribution >= 0.6 is 0 Å². The summed E-state index contributed by atoms with van der Waals surface area (Å²) in [4.78, 5) is 43.8. The van der Waals surface area contributed by atoms with Crippen molar-refractivity contribution in [1.29, 1.82) is 5.41 Å². The molecule has 11 nitrogen and oxygen atoms in total. The monoisotopic (exact) mass is 614 g/mol. The van der Waals surface area contributed by atoms with E-state index in [1.165, 1.54) is 4.90 Å². The van der Waals surface area contributed by atoms with Crippen LogP contribution in [0.4, 0.5) is 0 Å². The molecule has 2 saturated heterocycles. The predicted octanol–water partition coefficient (Wildman–Crippen LogP) is 1.63. The van der Waals surface area contributed by atoms with E-state index >= 15 is 0 Å². The van der Waals surface area contributed by atoms with Crippen LogP contribution in [-0.2, 0) is 30.8 Å². The molecule has 5 N–H and O–H groups in total. The van der Waals surface area contributed by atoms with Crippen LogP contribution in [0.5, 0.6) is 0 Å². The number of piperidine rings is 1. The molecule has 4 atom stereocenters. The average molecular weight is 615 g/mol. The Morgan fingerprint density at radius 1 is 1.09 bits per heavy atom. The molecule has 4 fully saturated rings. The van der Waals surface area contributed by atoms with Crippen LogP contribution in [0.15, 0.2) is 30.3 Å². The Balaban J connectivity index is 1.28. The molecular formula is C31H46N6O5S. The van der Waals surface area contributed by atoms with Gasteiger partial charge in [-0.2, -0.15) is 0 Å². The Bertz CT molecular complexity index is 1340. The first kappa shape index (κ1) is 31.4. The molecule has 2 aliphatic carbocycles. The second kappa shape index (κ2) is 12.2. The number of hydrogen-bond donors (Lipinski definition) is 4. The number of amides is 2. The van der Waals surface area contributed by atoms with E-state index in [1.807, 2.05) is 49.1 Å². The zero-order valence-corrected chi connectivity index (χ0v) is 26.1. The molecule has 0 spiro atoms. The predicted molar refractivity (Wildman–Crippen MR) is 163 cm³/mol. The standard InChI is InChI=1S/C31H46N6O5S/c1-30(2)23-10-13-31(30,26(38)18-23)20-43(41,42)35-24(17-21-7-4-3-5-8-21)28(40)37-14-6-9-25(37)27(39)34-19-22-11-15-36(16-12-22)29(32)33/h3-5,7-8,22-25,35H,6,9-20H2,1-2H3,(H3,32,33)(H,34,39)/t23?,24-,25+,31?/m1/s1. The number of nitrogens with zero attached hydrogens (tertiary/aromatic N) is 2. The SMILES string of the molecule is CC1(C)C2CCC1(CS(=O)(=O)N[C@H](Cc1ccccc1)C(=O)N1CCC[C@H]1C(=O)NCC1CCN(C(=N)N)CC1)C(=O)C2. The quantitative estimate of drug-likeness (QED) is 0.230. The fourth-order valence-electron chi connectivity index (χ4n) is 7.96. The highest BCUT2D eigenvalue weighted by Gasteiger charge is 2.65. The maximum atomic E-state index is 14.0. The summed E-state index contributed by atoms with van der Waals surface area (Å²) >= 11 is 0. The van der Waals surface area contributed by atoms with E-state index < -0.39 is 38.8 Å². The fraction of sp³-hybridized carbons (Fsp3) is 0.677. The number of nitrogens with two attached hydrogens (primary N) is 1. The lowest BCUT2D eigenvalue weighted by atomic mass is 9.70. The molecule has 5 rings (SSSR count). The van der Waals surface area contributed by atoms with Gasteiger partial charge in [0.1, 0.15) is 17.9 Å². The minimum absolute atomic E-state index is 0.00769. The highest BCUT2D eigenvalue weighted by Crippen LogP contribution is 2.64. The van der Waals surface area contributed by atoms with Gasteiger partial charge in [-0.3, -0.25) is 19.8 Å². The van der Waals surface area contributed by atoms with Crippen LogP contribution in [0.2, 0.25) is 0 Å². The molecule has 0 aromatic heterocycles. The molecule has 2 bridgehead atoms. The van der Waals surface area contributed by atoms with Gasteiger partial charge < -0.3 is 20.9 Å².